The van der Waals surface area contributed by atoms with Gasteiger partial charge in [-0.05, 0) is 44.4 Å². The van der Waals surface area contributed by atoms with Crippen LogP contribution in [0.3, 0.4) is 0 Å². The fourth-order valence-electron chi connectivity index (χ4n) is 3.11. The number of nitriles is 1. The Bertz CT molecular complexity index is 287. The lowest BCUT2D eigenvalue weighted by molar-refractivity contribution is -0.114. The van der Waals surface area contributed by atoms with Crippen molar-refractivity contribution in [2.24, 2.45) is 16.7 Å². The standard InChI is InChI=1S/C13H23NO/c1-10-6-11(2,3)8-13(15,7-10)12(4,5)9-14/h10,15H,6-8H2,1-5H3. The Morgan fingerprint density at radius 1 is 1.33 bits per heavy atom. The summed E-state index contributed by atoms with van der Waals surface area (Å²) in [4.78, 5) is 0. The van der Waals surface area contributed by atoms with Crippen LogP contribution in [-0.4, -0.2) is 10.7 Å². The van der Waals surface area contributed by atoms with Crippen molar-refractivity contribution in [2.45, 2.75) is 59.5 Å². The van der Waals surface area contributed by atoms with E-state index in [0.29, 0.717) is 5.92 Å². The van der Waals surface area contributed by atoms with E-state index in [1.165, 1.54) is 0 Å². The molecule has 1 rings (SSSR count). The zero-order chi connectivity index (χ0) is 11.9. The van der Waals surface area contributed by atoms with Crippen LogP contribution < -0.4 is 0 Å². The molecule has 0 aromatic rings. The fourth-order valence-corrected chi connectivity index (χ4v) is 3.11. The smallest absolute Gasteiger partial charge is 0.0835 e. The molecule has 1 saturated carbocycles. The van der Waals surface area contributed by atoms with Crippen molar-refractivity contribution in [1.82, 2.24) is 0 Å². The van der Waals surface area contributed by atoms with Gasteiger partial charge in [-0.2, -0.15) is 5.26 Å². The third-order valence-electron chi connectivity index (χ3n) is 3.80. The van der Waals surface area contributed by atoms with Gasteiger partial charge in [0.15, 0.2) is 0 Å². The maximum absolute atomic E-state index is 10.7. The number of rotatable bonds is 1. The van der Waals surface area contributed by atoms with Crippen LogP contribution in [0.5, 0.6) is 0 Å². The maximum Gasteiger partial charge on any atom is 0.0835 e. The Hall–Kier alpha value is -0.550. The molecule has 0 amide bonds. The molecule has 0 radical (unpaired) electrons. The van der Waals surface area contributed by atoms with Gasteiger partial charge in [0.1, 0.15) is 0 Å². The average Bonchev–Trinajstić information content (AvgIpc) is 1.99. The predicted molar refractivity (Wildman–Crippen MR) is 61.1 cm³/mol. The Labute approximate surface area is 93.3 Å². The van der Waals surface area contributed by atoms with E-state index in [2.05, 4.69) is 26.8 Å². The molecular weight excluding hydrogens is 186 g/mol. The first-order valence-electron chi connectivity index (χ1n) is 5.76. The van der Waals surface area contributed by atoms with E-state index < -0.39 is 11.0 Å². The van der Waals surface area contributed by atoms with Crippen molar-refractivity contribution < 1.29 is 5.11 Å². The van der Waals surface area contributed by atoms with Crippen LogP contribution in [0.15, 0.2) is 0 Å². The van der Waals surface area contributed by atoms with Crippen molar-refractivity contribution in [1.29, 1.82) is 5.26 Å². The van der Waals surface area contributed by atoms with E-state index >= 15 is 0 Å². The van der Waals surface area contributed by atoms with Crippen LogP contribution in [0.4, 0.5) is 0 Å². The van der Waals surface area contributed by atoms with E-state index in [-0.39, 0.29) is 5.41 Å². The van der Waals surface area contributed by atoms with Gasteiger partial charge in [-0.25, -0.2) is 0 Å². The third-order valence-corrected chi connectivity index (χ3v) is 3.80. The fraction of sp³-hybridized carbons (Fsp3) is 0.923. The van der Waals surface area contributed by atoms with Gasteiger partial charge < -0.3 is 5.11 Å². The van der Waals surface area contributed by atoms with Gasteiger partial charge >= 0.3 is 0 Å². The molecule has 0 saturated heterocycles. The minimum absolute atomic E-state index is 0.139. The molecular formula is C13H23NO. The molecule has 86 valence electrons. The van der Waals surface area contributed by atoms with E-state index in [9.17, 15) is 5.11 Å². The van der Waals surface area contributed by atoms with Crippen LogP contribution in [0.1, 0.15) is 53.9 Å². The van der Waals surface area contributed by atoms with E-state index in [1.807, 2.05) is 13.8 Å². The first-order valence-corrected chi connectivity index (χ1v) is 5.76. The highest BCUT2D eigenvalue weighted by atomic mass is 16.3. The summed E-state index contributed by atoms with van der Waals surface area (Å²) >= 11 is 0. The molecule has 2 nitrogen and oxygen atoms in total. The second-order valence-corrected chi connectivity index (χ2v) is 6.62. The van der Waals surface area contributed by atoms with Crippen LogP contribution in [0.2, 0.25) is 0 Å². The summed E-state index contributed by atoms with van der Waals surface area (Å²) in [5, 5.41) is 19.8. The molecule has 0 heterocycles. The maximum atomic E-state index is 10.7. The summed E-state index contributed by atoms with van der Waals surface area (Å²) in [6, 6.07) is 2.26. The Morgan fingerprint density at radius 3 is 2.27 bits per heavy atom. The average molecular weight is 209 g/mol. The first kappa shape index (κ1) is 12.5. The molecule has 2 unspecified atom stereocenters. The minimum Gasteiger partial charge on any atom is -0.388 e. The number of aliphatic hydroxyl groups is 1. The first-order chi connectivity index (χ1) is 6.62. The van der Waals surface area contributed by atoms with Crippen molar-refractivity contribution in [3.05, 3.63) is 0 Å². The predicted octanol–water partition coefficient (Wildman–Crippen LogP) is 3.11. The van der Waals surface area contributed by atoms with Gasteiger partial charge in [0, 0.05) is 0 Å². The number of hydrogen-bond donors (Lipinski definition) is 1. The van der Waals surface area contributed by atoms with Gasteiger partial charge in [0.2, 0.25) is 0 Å². The van der Waals surface area contributed by atoms with Gasteiger partial charge in [-0.3, -0.25) is 0 Å². The van der Waals surface area contributed by atoms with Crippen LogP contribution in [0, 0.1) is 28.1 Å². The van der Waals surface area contributed by atoms with Crippen molar-refractivity contribution in [3.8, 4) is 6.07 Å². The molecule has 1 N–H and O–H groups in total. The van der Waals surface area contributed by atoms with Crippen LogP contribution in [0.25, 0.3) is 0 Å². The van der Waals surface area contributed by atoms with Crippen molar-refractivity contribution >= 4 is 0 Å². The number of nitrogens with zero attached hydrogens (tertiary/aromatic N) is 1. The van der Waals surface area contributed by atoms with Crippen LogP contribution in [-0.2, 0) is 0 Å². The summed E-state index contributed by atoms with van der Waals surface area (Å²) in [5.74, 6) is 0.492. The summed E-state index contributed by atoms with van der Waals surface area (Å²) in [5.41, 5.74) is -1.34. The van der Waals surface area contributed by atoms with E-state index in [1.54, 1.807) is 0 Å². The second kappa shape index (κ2) is 3.49. The number of hydrogen-bond acceptors (Lipinski definition) is 2. The lowest BCUT2D eigenvalue weighted by Gasteiger charge is -2.49. The second-order valence-electron chi connectivity index (χ2n) is 6.62. The molecule has 0 aromatic carbocycles. The Balaban J connectivity index is 3.00. The summed E-state index contributed by atoms with van der Waals surface area (Å²) in [6.07, 6.45) is 2.61. The zero-order valence-corrected chi connectivity index (χ0v) is 10.6. The summed E-state index contributed by atoms with van der Waals surface area (Å²) < 4.78 is 0. The van der Waals surface area contributed by atoms with Crippen LogP contribution >= 0.6 is 0 Å². The largest absolute Gasteiger partial charge is 0.388 e. The molecule has 0 aromatic heterocycles. The molecule has 1 aliphatic rings. The van der Waals surface area contributed by atoms with E-state index in [0.717, 1.165) is 19.3 Å². The molecule has 2 heteroatoms. The van der Waals surface area contributed by atoms with E-state index in [4.69, 9.17) is 5.26 Å². The van der Waals surface area contributed by atoms with Gasteiger partial charge in [0.05, 0.1) is 17.1 Å². The zero-order valence-electron chi connectivity index (χ0n) is 10.6. The lowest BCUT2D eigenvalue weighted by atomic mass is 9.58. The summed E-state index contributed by atoms with van der Waals surface area (Å²) in [7, 11) is 0. The molecule has 15 heavy (non-hydrogen) atoms. The van der Waals surface area contributed by atoms with Gasteiger partial charge in [-0.1, -0.05) is 20.8 Å². The quantitative estimate of drug-likeness (QED) is 0.721. The molecule has 1 aliphatic carbocycles. The molecule has 1 fully saturated rings. The molecule has 0 bridgehead atoms. The highest BCUT2D eigenvalue weighted by molar-refractivity contribution is 5.10. The van der Waals surface area contributed by atoms with Crippen molar-refractivity contribution in [2.75, 3.05) is 0 Å². The minimum atomic E-state index is -0.830. The van der Waals surface area contributed by atoms with Crippen molar-refractivity contribution in [3.63, 3.8) is 0 Å². The topological polar surface area (TPSA) is 44.0 Å². The molecule has 0 spiro atoms. The SMILES string of the molecule is CC1CC(C)(C)CC(O)(C(C)(C)C#N)C1. The Morgan fingerprint density at radius 2 is 1.87 bits per heavy atom. The highest BCUT2D eigenvalue weighted by Gasteiger charge is 2.50. The molecule has 2 atom stereocenters. The summed E-state index contributed by atoms with van der Waals surface area (Å²) in [6.45, 7) is 10.2. The monoisotopic (exact) mass is 209 g/mol. The Kier molecular flexibility index (Phi) is 2.91. The third kappa shape index (κ3) is 2.34. The van der Waals surface area contributed by atoms with Gasteiger partial charge in [-0.15, -0.1) is 0 Å². The normalized spacial score (nSPS) is 35.9. The lowest BCUT2D eigenvalue weighted by Crippen LogP contribution is -2.51. The molecule has 0 aliphatic heterocycles. The van der Waals surface area contributed by atoms with Gasteiger partial charge in [0.25, 0.3) is 0 Å². The highest BCUT2D eigenvalue weighted by Crippen LogP contribution is 2.50.